The number of nitrogens with zero attached hydrogens (tertiary/aromatic N) is 4. The molecule has 1 aromatic heterocycles. The van der Waals surface area contributed by atoms with Gasteiger partial charge in [0.25, 0.3) is 0 Å². The number of halogens is 1. The molecule has 2 aromatic rings. The standard InChI is InChI=1S/C18H25BrN6/c1-2-21-18(22-9-12-24-11-8-20-14-24)23-15-7-10-25(13-15)17-6-4-3-5-16(17)19/h3-6,8,11,14-15H,2,7,9-10,12-13H2,1H3,(H2,21,22,23). The Morgan fingerprint density at radius 3 is 3.04 bits per heavy atom. The van der Waals surface area contributed by atoms with E-state index < -0.39 is 0 Å². The average Bonchev–Trinajstić information content (AvgIpc) is 3.27. The molecule has 1 saturated heterocycles. The number of guanidine groups is 1. The van der Waals surface area contributed by atoms with Gasteiger partial charge in [0.05, 0.1) is 18.6 Å². The van der Waals surface area contributed by atoms with E-state index in [-0.39, 0.29) is 0 Å². The van der Waals surface area contributed by atoms with E-state index in [1.54, 1.807) is 6.20 Å². The minimum atomic E-state index is 0.401. The van der Waals surface area contributed by atoms with Crippen molar-refractivity contribution >= 4 is 27.6 Å². The number of nitrogens with one attached hydrogen (secondary N) is 2. The topological polar surface area (TPSA) is 57.5 Å². The Morgan fingerprint density at radius 2 is 2.28 bits per heavy atom. The highest BCUT2D eigenvalue weighted by atomic mass is 79.9. The summed E-state index contributed by atoms with van der Waals surface area (Å²) in [6, 6.07) is 8.80. The lowest BCUT2D eigenvalue weighted by Gasteiger charge is -2.21. The molecule has 134 valence electrons. The first kappa shape index (κ1) is 17.8. The van der Waals surface area contributed by atoms with Crippen LogP contribution in [-0.4, -0.2) is 47.7 Å². The van der Waals surface area contributed by atoms with Gasteiger partial charge in [-0.25, -0.2) is 4.98 Å². The fraction of sp³-hybridized carbons (Fsp3) is 0.444. The second-order valence-electron chi connectivity index (χ2n) is 6.09. The van der Waals surface area contributed by atoms with Gasteiger partial charge in [-0.05, 0) is 41.4 Å². The van der Waals surface area contributed by atoms with Crippen LogP contribution in [-0.2, 0) is 6.54 Å². The fourth-order valence-corrected chi connectivity index (χ4v) is 3.55. The molecule has 2 heterocycles. The van der Waals surface area contributed by atoms with Crippen LogP contribution in [0.2, 0.25) is 0 Å². The van der Waals surface area contributed by atoms with Gasteiger partial charge in [-0.1, -0.05) is 12.1 Å². The van der Waals surface area contributed by atoms with Crippen molar-refractivity contribution in [3.8, 4) is 0 Å². The van der Waals surface area contributed by atoms with E-state index in [0.29, 0.717) is 6.04 Å². The monoisotopic (exact) mass is 404 g/mol. The Labute approximate surface area is 157 Å². The van der Waals surface area contributed by atoms with E-state index >= 15 is 0 Å². The van der Waals surface area contributed by atoms with Crippen LogP contribution >= 0.6 is 15.9 Å². The molecule has 1 unspecified atom stereocenters. The predicted molar refractivity (Wildman–Crippen MR) is 106 cm³/mol. The Hall–Kier alpha value is -2.02. The number of rotatable bonds is 6. The van der Waals surface area contributed by atoms with Crippen LogP contribution in [0.3, 0.4) is 0 Å². The van der Waals surface area contributed by atoms with Gasteiger partial charge >= 0.3 is 0 Å². The molecular formula is C18H25BrN6. The molecule has 7 heteroatoms. The third kappa shape index (κ3) is 4.98. The Morgan fingerprint density at radius 1 is 1.40 bits per heavy atom. The quantitative estimate of drug-likeness (QED) is 0.573. The minimum Gasteiger partial charge on any atom is -0.368 e. The van der Waals surface area contributed by atoms with Gasteiger partial charge in [-0.15, -0.1) is 0 Å². The largest absolute Gasteiger partial charge is 0.368 e. The van der Waals surface area contributed by atoms with Crippen LogP contribution in [0.4, 0.5) is 5.69 Å². The number of hydrogen-bond donors (Lipinski definition) is 2. The third-order valence-corrected chi connectivity index (χ3v) is 4.92. The van der Waals surface area contributed by atoms with Gasteiger partial charge in [0.1, 0.15) is 0 Å². The molecule has 0 bridgehead atoms. The lowest BCUT2D eigenvalue weighted by Crippen LogP contribution is -2.44. The lowest BCUT2D eigenvalue weighted by atomic mass is 10.3. The molecule has 1 aromatic carbocycles. The van der Waals surface area contributed by atoms with E-state index in [1.807, 2.05) is 17.1 Å². The molecule has 6 nitrogen and oxygen atoms in total. The van der Waals surface area contributed by atoms with Gasteiger partial charge in [0.2, 0.25) is 0 Å². The second-order valence-corrected chi connectivity index (χ2v) is 6.94. The highest BCUT2D eigenvalue weighted by Crippen LogP contribution is 2.28. The fourth-order valence-electron chi connectivity index (χ4n) is 3.01. The van der Waals surface area contributed by atoms with E-state index in [4.69, 9.17) is 0 Å². The Bertz CT molecular complexity index is 685. The summed E-state index contributed by atoms with van der Waals surface area (Å²) >= 11 is 3.65. The first-order valence-corrected chi connectivity index (χ1v) is 9.55. The summed E-state index contributed by atoms with van der Waals surface area (Å²) in [4.78, 5) is 11.2. The number of aliphatic imine (C=N–C) groups is 1. The van der Waals surface area contributed by atoms with Crippen LogP contribution in [0.15, 0.2) is 52.5 Å². The molecule has 0 spiro atoms. The molecule has 25 heavy (non-hydrogen) atoms. The van der Waals surface area contributed by atoms with Gasteiger partial charge in [0, 0.05) is 49.1 Å². The van der Waals surface area contributed by atoms with Crippen molar-refractivity contribution in [2.45, 2.75) is 25.9 Å². The number of para-hydroxylation sites is 1. The Kier molecular flexibility index (Phi) is 6.33. The average molecular weight is 405 g/mol. The predicted octanol–water partition coefficient (Wildman–Crippen LogP) is 2.48. The van der Waals surface area contributed by atoms with Gasteiger partial charge < -0.3 is 20.1 Å². The summed E-state index contributed by atoms with van der Waals surface area (Å²) in [6.45, 7) is 6.55. The smallest absolute Gasteiger partial charge is 0.191 e. The Balaban J connectivity index is 1.54. The van der Waals surface area contributed by atoms with Crippen molar-refractivity contribution in [1.82, 2.24) is 20.2 Å². The van der Waals surface area contributed by atoms with Gasteiger partial charge in [-0.3, -0.25) is 4.99 Å². The molecular weight excluding hydrogens is 380 g/mol. The molecule has 0 radical (unpaired) electrons. The SMILES string of the molecule is CCNC(=NCCn1ccnc1)NC1CCN(c2ccccc2Br)C1. The molecule has 3 rings (SSSR count). The van der Waals surface area contributed by atoms with Crippen LogP contribution in [0.1, 0.15) is 13.3 Å². The summed E-state index contributed by atoms with van der Waals surface area (Å²) in [5.74, 6) is 0.890. The van der Waals surface area contributed by atoms with Crippen molar-refractivity contribution in [3.63, 3.8) is 0 Å². The number of benzene rings is 1. The first-order chi connectivity index (χ1) is 12.3. The number of hydrogen-bond acceptors (Lipinski definition) is 3. The van der Waals surface area contributed by atoms with Crippen LogP contribution in [0.5, 0.6) is 0 Å². The van der Waals surface area contributed by atoms with E-state index in [9.17, 15) is 0 Å². The van der Waals surface area contributed by atoms with Crippen molar-refractivity contribution in [2.24, 2.45) is 4.99 Å². The molecule has 0 aliphatic carbocycles. The maximum atomic E-state index is 4.69. The highest BCUT2D eigenvalue weighted by molar-refractivity contribution is 9.10. The maximum Gasteiger partial charge on any atom is 0.191 e. The number of imidazole rings is 1. The van der Waals surface area contributed by atoms with Crippen molar-refractivity contribution < 1.29 is 0 Å². The molecule has 2 N–H and O–H groups in total. The zero-order chi connectivity index (χ0) is 17.5. The van der Waals surface area contributed by atoms with Gasteiger partial charge in [0.15, 0.2) is 5.96 Å². The molecule has 1 atom stereocenters. The molecule has 1 fully saturated rings. The second kappa shape index (κ2) is 8.89. The minimum absolute atomic E-state index is 0.401. The summed E-state index contributed by atoms with van der Waals surface area (Å²) in [7, 11) is 0. The van der Waals surface area contributed by atoms with Gasteiger partial charge in [-0.2, -0.15) is 0 Å². The number of anilines is 1. The van der Waals surface area contributed by atoms with Crippen LogP contribution < -0.4 is 15.5 Å². The maximum absolute atomic E-state index is 4.69. The van der Waals surface area contributed by atoms with Crippen molar-refractivity contribution in [1.29, 1.82) is 0 Å². The van der Waals surface area contributed by atoms with Crippen LogP contribution in [0, 0.1) is 0 Å². The van der Waals surface area contributed by atoms with E-state index in [0.717, 1.165) is 49.6 Å². The lowest BCUT2D eigenvalue weighted by molar-refractivity contribution is 0.641. The van der Waals surface area contributed by atoms with Crippen LogP contribution in [0.25, 0.3) is 0 Å². The van der Waals surface area contributed by atoms with E-state index in [1.165, 1.54) is 5.69 Å². The molecule has 0 saturated carbocycles. The zero-order valence-electron chi connectivity index (χ0n) is 14.5. The molecule has 0 amide bonds. The summed E-state index contributed by atoms with van der Waals surface area (Å²) < 4.78 is 3.19. The number of aromatic nitrogens is 2. The summed E-state index contributed by atoms with van der Waals surface area (Å²) in [6.07, 6.45) is 6.68. The van der Waals surface area contributed by atoms with E-state index in [2.05, 4.69) is 72.6 Å². The zero-order valence-corrected chi connectivity index (χ0v) is 16.1. The molecule has 1 aliphatic rings. The first-order valence-electron chi connectivity index (χ1n) is 8.76. The summed E-state index contributed by atoms with van der Waals surface area (Å²) in [5.41, 5.74) is 1.26. The molecule has 1 aliphatic heterocycles. The third-order valence-electron chi connectivity index (χ3n) is 4.25. The van der Waals surface area contributed by atoms with Crippen molar-refractivity contribution in [2.75, 3.05) is 31.1 Å². The summed E-state index contributed by atoms with van der Waals surface area (Å²) in [5, 5.41) is 6.92. The van der Waals surface area contributed by atoms with Crippen molar-refractivity contribution in [3.05, 3.63) is 47.5 Å². The highest BCUT2D eigenvalue weighted by Gasteiger charge is 2.24. The normalized spacial score (nSPS) is 17.8.